The lowest BCUT2D eigenvalue weighted by Crippen LogP contribution is -2.16. The number of anilines is 1. The highest BCUT2D eigenvalue weighted by Gasteiger charge is 2.28. The van der Waals surface area contributed by atoms with Crippen LogP contribution in [0.25, 0.3) is 22.3 Å². The Balaban J connectivity index is 1.30. The van der Waals surface area contributed by atoms with Gasteiger partial charge in [-0.1, -0.05) is 30.3 Å². The smallest absolute Gasteiger partial charge is 0.160 e. The zero-order valence-electron chi connectivity index (χ0n) is 14.1. The molecule has 2 atom stereocenters. The average molecular weight is 362 g/mol. The van der Waals surface area contributed by atoms with Crippen LogP contribution in [-0.2, 0) is 0 Å². The molecule has 1 aromatic carbocycles. The molecule has 130 valence electrons. The Kier molecular flexibility index (Phi) is 3.86. The van der Waals surface area contributed by atoms with Crippen molar-refractivity contribution in [3.05, 3.63) is 53.2 Å². The minimum atomic E-state index is 0.400. The van der Waals surface area contributed by atoms with Crippen LogP contribution in [0.4, 0.5) is 5.82 Å². The topological polar surface area (TPSA) is 79.4 Å². The summed E-state index contributed by atoms with van der Waals surface area (Å²) < 4.78 is 0. The molecule has 0 radical (unpaired) electrons. The maximum Gasteiger partial charge on any atom is 0.160 e. The van der Waals surface area contributed by atoms with Crippen LogP contribution in [0.2, 0.25) is 0 Å². The van der Waals surface area contributed by atoms with E-state index in [4.69, 9.17) is 4.98 Å². The average Bonchev–Trinajstić information content (AvgIpc) is 3.43. The SMILES string of the molecule is c1ccc(-c2csc([C@H]3CC[C@H](Nc4ncnc5[nH]ncc45)C3)n2)cc1. The summed E-state index contributed by atoms with van der Waals surface area (Å²) in [5.41, 5.74) is 3.04. The molecule has 6 nitrogen and oxygen atoms in total. The second-order valence-electron chi connectivity index (χ2n) is 6.64. The van der Waals surface area contributed by atoms with E-state index in [0.29, 0.717) is 12.0 Å². The molecule has 3 heterocycles. The summed E-state index contributed by atoms with van der Waals surface area (Å²) in [5, 5.41) is 14.9. The van der Waals surface area contributed by atoms with Crippen LogP contribution in [0.15, 0.2) is 48.2 Å². The van der Waals surface area contributed by atoms with Gasteiger partial charge in [-0.15, -0.1) is 11.3 Å². The van der Waals surface area contributed by atoms with Crippen LogP contribution < -0.4 is 5.32 Å². The fourth-order valence-corrected chi connectivity index (χ4v) is 4.61. The van der Waals surface area contributed by atoms with Crippen molar-refractivity contribution in [1.82, 2.24) is 25.1 Å². The number of nitrogens with one attached hydrogen (secondary N) is 2. The minimum absolute atomic E-state index is 0.400. The van der Waals surface area contributed by atoms with Crippen molar-refractivity contribution in [3.8, 4) is 11.3 Å². The van der Waals surface area contributed by atoms with Gasteiger partial charge in [0.2, 0.25) is 0 Å². The molecule has 7 heteroatoms. The number of aromatic amines is 1. The van der Waals surface area contributed by atoms with Crippen LogP contribution in [-0.4, -0.2) is 31.2 Å². The van der Waals surface area contributed by atoms with Gasteiger partial charge in [-0.2, -0.15) is 5.10 Å². The number of thiazole rings is 1. The molecule has 1 fully saturated rings. The Morgan fingerprint density at radius 2 is 2.04 bits per heavy atom. The van der Waals surface area contributed by atoms with Gasteiger partial charge < -0.3 is 5.32 Å². The predicted octanol–water partition coefficient (Wildman–Crippen LogP) is 4.22. The van der Waals surface area contributed by atoms with Crippen molar-refractivity contribution < 1.29 is 0 Å². The molecule has 0 aliphatic heterocycles. The molecule has 0 amide bonds. The summed E-state index contributed by atoms with van der Waals surface area (Å²) in [6, 6.07) is 10.8. The molecule has 26 heavy (non-hydrogen) atoms. The molecule has 0 spiro atoms. The van der Waals surface area contributed by atoms with E-state index in [-0.39, 0.29) is 0 Å². The Labute approximate surface area is 154 Å². The van der Waals surface area contributed by atoms with Crippen molar-refractivity contribution in [2.24, 2.45) is 0 Å². The number of benzene rings is 1. The molecule has 0 bridgehead atoms. The first-order chi connectivity index (χ1) is 12.9. The quantitative estimate of drug-likeness (QED) is 0.568. The van der Waals surface area contributed by atoms with Gasteiger partial charge in [0, 0.05) is 22.9 Å². The summed E-state index contributed by atoms with van der Waals surface area (Å²) in [7, 11) is 0. The first-order valence-electron chi connectivity index (χ1n) is 8.78. The van der Waals surface area contributed by atoms with Crippen molar-refractivity contribution in [3.63, 3.8) is 0 Å². The van der Waals surface area contributed by atoms with Gasteiger partial charge >= 0.3 is 0 Å². The fourth-order valence-electron chi connectivity index (χ4n) is 3.63. The molecule has 5 rings (SSSR count). The van der Waals surface area contributed by atoms with Gasteiger partial charge in [0.25, 0.3) is 0 Å². The van der Waals surface area contributed by atoms with Crippen molar-refractivity contribution in [2.75, 3.05) is 5.32 Å². The predicted molar refractivity (Wildman–Crippen MR) is 103 cm³/mol. The first kappa shape index (κ1) is 15.5. The molecule has 0 unspecified atom stereocenters. The van der Waals surface area contributed by atoms with Gasteiger partial charge in [0.05, 0.1) is 22.3 Å². The molecule has 3 aromatic heterocycles. The zero-order chi connectivity index (χ0) is 17.3. The number of nitrogens with zero attached hydrogens (tertiary/aromatic N) is 4. The second kappa shape index (κ2) is 6.49. The van der Waals surface area contributed by atoms with E-state index in [1.165, 1.54) is 10.6 Å². The van der Waals surface area contributed by atoms with Crippen molar-refractivity contribution in [1.29, 1.82) is 0 Å². The summed E-state index contributed by atoms with van der Waals surface area (Å²) >= 11 is 1.77. The Morgan fingerprint density at radius 3 is 2.96 bits per heavy atom. The molecule has 1 saturated carbocycles. The Bertz CT molecular complexity index is 1020. The molecular weight excluding hydrogens is 344 g/mol. The van der Waals surface area contributed by atoms with Gasteiger partial charge in [-0.05, 0) is 19.3 Å². The Morgan fingerprint density at radius 1 is 1.12 bits per heavy atom. The monoisotopic (exact) mass is 362 g/mol. The molecular formula is C19H18N6S. The number of hydrogen-bond donors (Lipinski definition) is 2. The zero-order valence-corrected chi connectivity index (χ0v) is 14.9. The number of rotatable bonds is 4. The van der Waals surface area contributed by atoms with Crippen molar-refractivity contribution in [2.45, 2.75) is 31.2 Å². The summed E-state index contributed by atoms with van der Waals surface area (Å²) in [4.78, 5) is 13.5. The van der Waals surface area contributed by atoms with Crippen LogP contribution in [0, 0.1) is 0 Å². The third kappa shape index (κ3) is 2.84. The largest absolute Gasteiger partial charge is 0.367 e. The Hall–Kier alpha value is -2.80. The summed E-state index contributed by atoms with van der Waals surface area (Å²) in [5.74, 6) is 1.37. The number of H-pyrrole nitrogens is 1. The van der Waals surface area contributed by atoms with E-state index in [1.807, 2.05) is 6.07 Å². The second-order valence-corrected chi connectivity index (χ2v) is 7.53. The standard InChI is InChI=1S/C19H18N6S/c1-2-4-12(5-3-1)16-10-26-19(24-16)13-6-7-14(8-13)23-17-15-9-22-25-18(15)21-11-20-17/h1-5,9-11,13-14H,6-8H2,(H2,20,21,22,23,25)/t13-,14-/m0/s1. The highest BCUT2D eigenvalue weighted by Crippen LogP contribution is 2.38. The lowest BCUT2D eigenvalue weighted by Gasteiger charge is -2.13. The summed E-state index contributed by atoms with van der Waals surface area (Å²) in [6.07, 6.45) is 6.69. The van der Waals surface area contributed by atoms with E-state index in [9.17, 15) is 0 Å². The number of hydrogen-bond acceptors (Lipinski definition) is 6. The maximum atomic E-state index is 4.90. The van der Waals surface area contributed by atoms with Gasteiger partial charge in [-0.3, -0.25) is 5.10 Å². The van der Waals surface area contributed by atoms with Gasteiger partial charge in [-0.25, -0.2) is 15.0 Å². The maximum absolute atomic E-state index is 4.90. The first-order valence-corrected chi connectivity index (χ1v) is 9.66. The van der Waals surface area contributed by atoms with E-state index in [1.54, 1.807) is 23.9 Å². The highest BCUT2D eigenvalue weighted by molar-refractivity contribution is 7.10. The van der Waals surface area contributed by atoms with Crippen LogP contribution in [0.5, 0.6) is 0 Å². The lowest BCUT2D eigenvalue weighted by molar-refractivity contribution is 0.696. The van der Waals surface area contributed by atoms with Gasteiger partial charge in [0.15, 0.2) is 5.65 Å². The normalized spacial score (nSPS) is 19.8. The van der Waals surface area contributed by atoms with Crippen molar-refractivity contribution >= 4 is 28.2 Å². The lowest BCUT2D eigenvalue weighted by atomic mass is 10.1. The molecule has 1 aliphatic carbocycles. The van der Waals surface area contributed by atoms with Crippen LogP contribution in [0.3, 0.4) is 0 Å². The number of fused-ring (bicyclic) bond motifs is 1. The molecule has 0 saturated heterocycles. The number of aromatic nitrogens is 5. The molecule has 4 aromatic rings. The third-order valence-electron chi connectivity index (χ3n) is 4.96. The van der Waals surface area contributed by atoms with E-state index < -0.39 is 0 Å². The molecule has 1 aliphatic rings. The van der Waals surface area contributed by atoms with E-state index in [2.05, 4.69) is 55.1 Å². The fraction of sp³-hybridized carbons (Fsp3) is 0.263. The van der Waals surface area contributed by atoms with E-state index in [0.717, 1.165) is 41.8 Å². The summed E-state index contributed by atoms with van der Waals surface area (Å²) in [6.45, 7) is 0. The van der Waals surface area contributed by atoms with Crippen LogP contribution in [0.1, 0.15) is 30.2 Å². The minimum Gasteiger partial charge on any atom is -0.367 e. The van der Waals surface area contributed by atoms with Gasteiger partial charge in [0.1, 0.15) is 12.1 Å². The third-order valence-corrected chi connectivity index (χ3v) is 5.97. The highest BCUT2D eigenvalue weighted by atomic mass is 32.1. The van der Waals surface area contributed by atoms with Crippen LogP contribution >= 0.6 is 11.3 Å². The molecule has 2 N–H and O–H groups in total. The van der Waals surface area contributed by atoms with E-state index >= 15 is 0 Å².